The van der Waals surface area contributed by atoms with Crippen LogP contribution in [-0.2, 0) is 18.3 Å². The molecule has 176 valence electrons. The van der Waals surface area contributed by atoms with Crippen LogP contribution in [0.4, 0.5) is 4.79 Å². The lowest BCUT2D eigenvalue weighted by Gasteiger charge is -2.21. The predicted octanol–water partition coefficient (Wildman–Crippen LogP) is 6.99. The van der Waals surface area contributed by atoms with E-state index in [2.05, 4.69) is 18.3 Å². The second kappa shape index (κ2) is 16.8. The Labute approximate surface area is 184 Å². The topological polar surface area (TPSA) is 73.9 Å². The number of hydrogen-bond acceptors (Lipinski definition) is 5. The molecule has 1 aliphatic rings. The van der Waals surface area contributed by atoms with Gasteiger partial charge >= 0.3 is 13.7 Å². The van der Waals surface area contributed by atoms with Crippen LogP contribution in [0, 0.1) is 0 Å². The van der Waals surface area contributed by atoms with Crippen molar-refractivity contribution in [2.75, 3.05) is 19.4 Å². The fourth-order valence-electron chi connectivity index (χ4n) is 3.73. The van der Waals surface area contributed by atoms with Crippen LogP contribution in [0.2, 0.25) is 0 Å². The number of ether oxygens (including phenoxy) is 1. The molecule has 7 heteroatoms. The highest BCUT2D eigenvalue weighted by Gasteiger charge is 2.39. The van der Waals surface area contributed by atoms with Gasteiger partial charge in [-0.25, -0.2) is 4.79 Å². The molecule has 1 saturated heterocycles. The number of unbranched alkanes of at least 4 members (excludes halogenated alkanes) is 11. The van der Waals surface area contributed by atoms with Crippen molar-refractivity contribution in [1.29, 1.82) is 0 Å². The molecule has 0 radical (unpaired) electrons. The summed E-state index contributed by atoms with van der Waals surface area (Å²) in [4.78, 5) is 11.7. The van der Waals surface area contributed by atoms with Crippen LogP contribution in [0.3, 0.4) is 0 Å². The van der Waals surface area contributed by atoms with E-state index in [1.165, 1.54) is 64.2 Å². The Balaban J connectivity index is 2.20. The fraction of sp³-hybridized carbons (Fsp3) is 0.870. The normalized spacial score (nSPS) is 19.4. The van der Waals surface area contributed by atoms with E-state index in [1.54, 1.807) is 13.8 Å². The zero-order valence-corrected chi connectivity index (χ0v) is 20.3. The first kappa shape index (κ1) is 27.2. The first-order chi connectivity index (χ1) is 14.5. The van der Waals surface area contributed by atoms with Crippen molar-refractivity contribution in [2.45, 2.75) is 110 Å². The minimum atomic E-state index is -3.23. The second-order valence-electron chi connectivity index (χ2n) is 8.00. The number of rotatable bonds is 19. The van der Waals surface area contributed by atoms with E-state index < -0.39 is 25.8 Å². The minimum Gasteiger partial charge on any atom is -0.440 e. The molecule has 0 saturated carbocycles. The average Bonchev–Trinajstić information content (AvgIpc) is 3.04. The number of nitrogens with one attached hydrogen (secondary N) is 1. The molecule has 0 aliphatic carbocycles. The van der Waals surface area contributed by atoms with Gasteiger partial charge in [0.25, 0.3) is 0 Å². The van der Waals surface area contributed by atoms with Gasteiger partial charge in [0.1, 0.15) is 6.10 Å². The van der Waals surface area contributed by atoms with Crippen LogP contribution < -0.4 is 5.32 Å². The van der Waals surface area contributed by atoms with Gasteiger partial charge in [0.05, 0.1) is 25.4 Å². The van der Waals surface area contributed by atoms with Crippen LogP contribution in [0.5, 0.6) is 0 Å². The van der Waals surface area contributed by atoms with Crippen LogP contribution >= 0.6 is 7.60 Å². The Morgan fingerprint density at radius 3 is 1.97 bits per heavy atom. The SMILES string of the molecule is CCCCCCCCCCCCC/C=C/[C@@H]1OC(=O)N[C@H]1CP(=O)(OCC)OCC. The van der Waals surface area contributed by atoms with Gasteiger partial charge < -0.3 is 19.1 Å². The Hall–Kier alpha value is -0.840. The molecule has 1 heterocycles. The highest BCUT2D eigenvalue weighted by atomic mass is 31.2. The molecule has 0 aromatic carbocycles. The Morgan fingerprint density at radius 2 is 1.43 bits per heavy atom. The second-order valence-corrected chi connectivity index (χ2v) is 10.1. The third-order valence-electron chi connectivity index (χ3n) is 5.31. The van der Waals surface area contributed by atoms with Gasteiger partial charge in [0, 0.05) is 0 Å². The molecule has 2 atom stereocenters. The van der Waals surface area contributed by atoms with Crippen LogP contribution in [0.1, 0.15) is 97.8 Å². The van der Waals surface area contributed by atoms with E-state index in [0.717, 1.165) is 12.8 Å². The number of amides is 1. The summed E-state index contributed by atoms with van der Waals surface area (Å²) in [7, 11) is -3.23. The number of allylic oxidation sites excluding steroid dienone is 1. The Morgan fingerprint density at radius 1 is 0.900 bits per heavy atom. The van der Waals surface area contributed by atoms with Gasteiger partial charge in [-0.1, -0.05) is 77.2 Å². The largest absolute Gasteiger partial charge is 0.440 e. The van der Waals surface area contributed by atoms with Crippen molar-refractivity contribution in [3.05, 3.63) is 12.2 Å². The maximum absolute atomic E-state index is 12.7. The van der Waals surface area contributed by atoms with Crippen LogP contribution in [0.25, 0.3) is 0 Å². The van der Waals surface area contributed by atoms with Gasteiger partial charge in [-0.15, -0.1) is 0 Å². The molecular weight excluding hydrogens is 401 g/mol. The molecule has 0 spiro atoms. The van der Waals surface area contributed by atoms with Crippen molar-refractivity contribution in [3.63, 3.8) is 0 Å². The van der Waals surface area contributed by atoms with Gasteiger partial charge in [0.15, 0.2) is 0 Å². The molecule has 0 aromatic rings. The Bertz CT molecular complexity index is 516. The summed E-state index contributed by atoms with van der Waals surface area (Å²) in [6.45, 7) is 6.42. The van der Waals surface area contributed by atoms with Crippen molar-refractivity contribution < 1.29 is 23.1 Å². The minimum absolute atomic E-state index is 0.119. The monoisotopic (exact) mass is 445 g/mol. The third kappa shape index (κ3) is 12.1. The number of cyclic esters (lactones) is 1. The summed E-state index contributed by atoms with van der Waals surface area (Å²) in [6.07, 6.45) is 18.7. The molecule has 0 unspecified atom stereocenters. The summed E-state index contributed by atoms with van der Waals surface area (Å²) in [6, 6.07) is -0.394. The average molecular weight is 446 g/mol. The zero-order valence-electron chi connectivity index (χ0n) is 19.4. The highest BCUT2D eigenvalue weighted by Crippen LogP contribution is 2.49. The molecule has 1 rings (SSSR count). The molecule has 6 nitrogen and oxygen atoms in total. The first-order valence-corrected chi connectivity index (χ1v) is 13.8. The first-order valence-electron chi connectivity index (χ1n) is 12.1. The van der Waals surface area contributed by atoms with Gasteiger partial charge in [0.2, 0.25) is 0 Å². The predicted molar refractivity (Wildman–Crippen MR) is 123 cm³/mol. The lowest BCUT2D eigenvalue weighted by atomic mass is 10.0. The van der Waals surface area contributed by atoms with Gasteiger partial charge in [-0.2, -0.15) is 0 Å². The molecule has 0 bridgehead atoms. The molecule has 1 amide bonds. The molecule has 1 fully saturated rings. The summed E-state index contributed by atoms with van der Waals surface area (Å²) in [5.74, 6) is 0. The number of alkyl carbamates (subject to hydrolysis) is 1. The summed E-state index contributed by atoms with van der Waals surface area (Å²) in [5, 5.41) is 2.73. The van der Waals surface area contributed by atoms with Crippen LogP contribution in [-0.4, -0.2) is 37.6 Å². The molecule has 1 N–H and O–H groups in total. The van der Waals surface area contributed by atoms with E-state index in [-0.39, 0.29) is 6.16 Å². The highest BCUT2D eigenvalue weighted by molar-refractivity contribution is 7.53. The lowest BCUT2D eigenvalue weighted by molar-refractivity contribution is 0.153. The zero-order chi connectivity index (χ0) is 22.1. The van der Waals surface area contributed by atoms with Gasteiger partial charge in [-0.05, 0) is 32.8 Å². The van der Waals surface area contributed by atoms with Crippen molar-refractivity contribution in [3.8, 4) is 0 Å². The van der Waals surface area contributed by atoms with Crippen molar-refractivity contribution in [2.24, 2.45) is 0 Å². The standard InChI is InChI=1S/C23H44NO5P/c1-4-7-8-9-10-11-12-13-14-15-16-17-18-19-22-21(24-23(25)29-22)20-30(26,27-5-2)28-6-3/h18-19,21-22H,4-17,20H2,1-3H3,(H,24,25)/b19-18+/t21-,22-/m0/s1. The van der Waals surface area contributed by atoms with Gasteiger partial charge in [-0.3, -0.25) is 4.57 Å². The maximum Gasteiger partial charge on any atom is 0.408 e. The van der Waals surface area contributed by atoms with E-state index in [0.29, 0.717) is 13.2 Å². The quantitative estimate of drug-likeness (QED) is 0.132. The van der Waals surface area contributed by atoms with Crippen LogP contribution in [0.15, 0.2) is 12.2 Å². The van der Waals surface area contributed by atoms with Crippen molar-refractivity contribution >= 4 is 13.7 Å². The Kier molecular flexibility index (Phi) is 15.2. The third-order valence-corrected chi connectivity index (χ3v) is 7.46. The van der Waals surface area contributed by atoms with Crippen molar-refractivity contribution in [1.82, 2.24) is 5.32 Å². The molecule has 0 aromatic heterocycles. The van der Waals surface area contributed by atoms with E-state index in [4.69, 9.17) is 13.8 Å². The number of hydrogen-bond donors (Lipinski definition) is 1. The summed E-state index contributed by atoms with van der Waals surface area (Å²) < 4.78 is 28.7. The lowest BCUT2D eigenvalue weighted by Crippen LogP contribution is -2.34. The number of carbonyl (C=O) groups excluding carboxylic acids is 1. The maximum atomic E-state index is 12.7. The smallest absolute Gasteiger partial charge is 0.408 e. The molecular formula is C23H44NO5P. The summed E-state index contributed by atoms with van der Waals surface area (Å²) in [5.41, 5.74) is 0. The fourth-order valence-corrected chi connectivity index (χ4v) is 5.58. The van der Waals surface area contributed by atoms with E-state index in [1.807, 2.05) is 6.08 Å². The van der Waals surface area contributed by atoms with E-state index >= 15 is 0 Å². The number of carbonyl (C=O) groups is 1. The molecule has 30 heavy (non-hydrogen) atoms. The summed E-state index contributed by atoms with van der Waals surface area (Å²) >= 11 is 0. The molecule has 1 aliphatic heterocycles. The van der Waals surface area contributed by atoms with E-state index in [9.17, 15) is 9.36 Å².